The van der Waals surface area contributed by atoms with E-state index in [2.05, 4.69) is 15.0 Å². The summed E-state index contributed by atoms with van der Waals surface area (Å²) in [5.41, 5.74) is 9.86. The number of nitrogens with zero attached hydrogens (tertiary/aromatic N) is 5. The van der Waals surface area contributed by atoms with Crippen molar-refractivity contribution in [3.8, 4) is 0 Å². The molecule has 1 aromatic heterocycles. The minimum absolute atomic E-state index is 0.0116. The topological polar surface area (TPSA) is 82.0 Å². The number of pyridine rings is 1. The third kappa shape index (κ3) is 2.55. The third-order valence-corrected chi connectivity index (χ3v) is 3.15. The molecule has 1 atom stereocenters. The van der Waals surface area contributed by atoms with Crippen LogP contribution in [0.15, 0.2) is 17.4 Å². The highest BCUT2D eigenvalue weighted by Gasteiger charge is 2.31. The molecule has 1 aromatic rings. The van der Waals surface area contributed by atoms with E-state index in [1.165, 1.54) is 0 Å². The zero-order valence-corrected chi connectivity index (χ0v) is 10.6. The number of carbonyl (C=O) groups excluding carboxylic acids is 1. The minimum Gasteiger partial charge on any atom is -0.309 e. The minimum atomic E-state index is -0.0116. The summed E-state index contributed by atoms with van der Waals surface area (Å²) < 4.78 is 0. The van der Waals surface area contributed by atoms with E-state index < -0.39 is 0 Å². The first kappa shape index (κ1) is 12.7. The lowest BCUT2D eigenvalue weighted by molar-refractivity contribution is -0.117. The van der Waals surface area contributed by atoms with Gasteiger partial charge in [-0.1, -0.05) is 16.7 Å². The van der Waals surface area contributed by atoms with E-state index in [1.54, 1.807) is 11.1 Å². The molecule has 0 aliphatic carbocycles. The predicted octanol–water partition coefficient (Wildman–Crippen LogP) is 2.71. The van der Waals surface area contributed by atoms with Crippen molar-refractivity contribution < 1.29 is 4.79 Å². The molecule has 1 saturated heterocycles. The monoisotopic (exact) mass is 265 g/mol. The predicted molar refractivity (Wildman–Crippen MR) is 68.5 cm³/mol. The molecule has 0 N–H and O–H groups in total. The second kappa shape index (κ2) is 5.25. The van der Waals surface area contributed by atoms with Crippen LogP contribution in [0, 0.1) is 12.8 Å². The molecule has 0 saturated carbocycles. The van der Waals surface area contributed by atoms with Gasteiger partial charge in [-0.05, 0) is 30.0 Å². The number of halogens is 1. The highest BCUT2D eigenvalue weighted by Crippen LogP contribution is 2.30. The van der Waals surface area contributed by atoms with Gasteiger partial charge in [-0.2, -0.15) is 0 Å². The molecule has 1 fully saturated rings. The molecule has 1 aliphatic heterocycles. The highest BCUT2D eigenvalue weighted by molar-refractivity contribution is 6.32. The molecule has 7 heteroatoms. The maximum Gasteiger partial charge on any atom is 0.227 e. The SMILES string of the molecule is Cc1cnc(Cl)c(N2CC(CN=[N+]=[N-])CC2=O)c1. The van der Waals surface area contributed by atoms with Crippen LogP contribution in [0.1, 0.15) is 12.0 Å². The Bertz CT molecular complexity index is 526. The Morgan fingerprint density at radius 2 is 2.50 bits per heavy atom. The second-order valence-electron chi connectivity index (χ2n) is 4.31. The van der Waals surface area contributed by atoms with Gasteiger partial charge in [0, 0.05) is 30.6 Å². The molecule has 2 rings (SSSR count). The van der Waals surface area contributed by atoms with Crippen LogP contribution >= 0.6 is 11.6 Å². The Labute approximate surface area is 109 Å². The highest BCUT2D eigenvalue weighted by atomic mass is 35.5. The molecule has 1 aliphatic rings. The van der Waals surface area contributed by atoms with Crippen molar-refractivity contribution in [3.63, 3.8) is 0 Å². The van der Waals surface area contributed by atoms with E-state index in [0.717, 1.165) is 5.56 Å². The van der Waals surface area contributed by atoms with Gasteiger partial charge in [-0.3, -0.25) is 4.79 Å². The lowest BCUT2D eigenvalue weighted by atomic mass is 10.1. The molecular weight excluding hydrogens is 254 g/mol. The van der Waals surface area contributed by atoms with Gasteiger partial charge in [0.05, 0.1) is 5.69 Å². The molecule has 1 amide bonds. The first-order chi connectivity index (χ1) is 8.61. The summed E-state index contributed by atoms with van der Waals surface area (Å²) in [4.78, 5) is 20.3. The summed E-state index contributed by atoms with van der Waals surface area (Å²) in [5.74, 6) is 0.0346. The van der Waals surface area contributed by atoms with Gasteiger partial charge in [0.15, 0.2) is 5.15 Å². The molecule has 6 nitrogen and oxygen atoms in total. The van der Waals surface area contributed by atoms with E-state index in [1.807, 2.05) is 13.0 Å². The Hall–Kier alpha value is -1.78. The molecule has 0 aromatic carbocycles. The number of anilines is 1. The molecule has 1 unspecified atom stereocenters. The largest absolute Gasteiger partial charge is 0.309 e. The summed E-state index contributed by atoms with van der Waals surface area (Å²) in [7, 11) is 0. The lowest BCUT2D eigenvalue weighted by Crippen LogP contribution is -2.25. The third-order valence-electron chi connectivity index (χ3n) is 2.86. The Balaban J connectivity index is 2.21. The van der Waals surface area contributed by atoms with Crippen molar-refractivity contribution >= 4 is 23.2 Å². The maximum absolute atomic E-state index is 11.9. The van der Waals surface area contributed by atoms with Gasteiger partial charge < -0.3 is 4.90 Å². The number of aryl methyl sites for hydroxylation is 1. The summed E-state index contributed by atoms with van der Waals surface area (Å²) in [6, 6.07) is 1.84. The summed E-state index contributed by atoms with van der Waals surface area (Å²) in [5, 5.41) is 3.83. The lowest BCUT2D eigenvalue weighted by Gasteiger charge is -2.17. The van der Waals surface area contributed by atoms with Crippen molar-refractivity contribution in [3.05, 3.63) is 33.4 Å². The van der Waals surface area contributed by atoms with Gasteiger partial charge in [0.2, 0.25) is 5.91 Å². The van der Waals surface area contributed by atoms with Gasteiger partial charge in [0.25, 0.3) is 0 Å². The van der Waals surface area contributed by atoms with Gasteiger partial charge in [-0.25, -0.2) is 4.98 Å². The van der Waals surface area contributed by atoms with Crippen molar-refractivity contribution in [1.29, 1.82) is 0 Å². The van der Waals surface area contributed by atoms with Crippen LogP contribution in [0.25, 0.3) is 10.4 Å². The second-order valence-corrected chi connectivity index (χ2v) is 4.67. The van der Waals surface area contributed by atoms with E-state index in [9.17, 15) is 4.79 Å². The molecular formula is C11H12ClN5O. The van der Waals surface area contributed by atoms with Crippen LogP contribution in [0.3, 0.4) is 0 Å². The average Bonchev–Trinajstić information content (AvgIpc) is 2.71. The van der Waals surface area contributed by atoms with Crippen molar-refractivity contribution in [2.24, 2.45) is 11.0 Å². The van der Waals surface area contributed by atoms with Crippen LogP contribution in [0.5, 0.6) is 0 Å². The molecule has 2 heterocycles. The van der Waals surface area contributed by atoms with E-state index in [4.69, 9.17) is 17.1 Å². The normalized spacial score (nSPS) is 18.9. The zero-order valence-electron chi connectivity index (χ0n) is 9.88. The van der Waals surface area contributed by atoms with Gasteiger partial charge in [0.1, 0.15) is 0 Å². The number of hydrogen-bond donors (Lipinski definition) is 0. The van der Waals surface area contributed by atoms with E-state index in [0.29, 0.717) is 30.4 Å². The molecule has 18 heavy (non-hydrogen) atoms. The fourth-order valence-electron chi connectivity index (χ4n) is 2.02. The Morgan fingerprint density at radius 1 is 1.72 bits per heavy atom. The maximum atomic E-state index is 11.9. The Morgan fingerprint density at radius 3 is 3.22 bits per heavy atom. The van der Waals surface area contributed by atoms with Gasteiger partial charge >= 0.3 is 0 Å². The van der Waals surface area contributed by atoms with Crippen LogP contribution in [-0.4, -0.2) is 24.0 Å². The number of carbonyl (C=O) groups is 1. The van der Waals surface area contributed by atoms with Crippen molar-refractivity contribution in [1.82, 2.24) is 4.98 Å². The fraction of sp³-hybridized carbons (Fsp3) is 0.455. The van der Waals surface area contributed by atoms with Gasteiger partial charge in [-0.15, -0.1) is 0 Å². The summed E-state index contributed by atoms with van der Waals surface area (Å²) in [6.45, 7) is 2.74. The molecule has 0 bridgehead atoms. The van der Waals surface area contributed by atoms with Crippen LogP contribution < -0.4 is 4.90 Å². The fourth-order valence-corrected chi connectivity index (χ4v) is 2.22. The molecule has 0 radical (unpaired) electrons. The summed E-state index contributed by atoms with van der Waals surface area (Å²) >= 11 is 6.01. The molecule has 0 spiro atoms. The van der Waals surface area contributed by atoms with Crippen LogP contribution in [-0.2, 0) is 4.79 Å². The Kier molecular flexibility index (Phi) is 3.69. The number of amides is 1. The van der Waals surface area contributed by atoms with Crippen molar-refractivity contribution in [2.75, 3.05) is 18.0 Å². The van der Waals surface area contributed by atoms with Crippen LogP contribution in [0.2, 0.25) is 5.15 Å². The molecule has 94 valence electrons. The van der Waals surface area contributed by atoms with Crippen LogP contribution in [0.4, 0.5) is 5.69 Å². The van der Waals surface area contributed by atoms with E-state index in [-0.39, 0.29) is 11.8 Å². The van der Waals surface area contributed by atoms with E-state index >= 15 is 0 Å². The zero-order chi connectivity index (χ0) is 13.1. The average molecular weight is 266 g/mol. The van der Waals surface area contributed by atoms with Crippen molar-refractivity contribution in [2.45, 2.75) is 13.3 Å². The number of azide groups is 1. The number of aromatic nitrogens is 1. The number of rotatable bonds is 3. The standard InChI is InChI=1S/C11H12ClN5O/c1-7-2-9(11(12)14-4-7)17-6-8(3-10(17)18)5-15-16-13/h2,4,8H,3,5-6H2,1H3. The number of hydrogen-bond acceptors (Lipinski definition) is 3. The smallest absolute Gasteiger partial charge is 0.227 e. The first-order valence-electron chi connectivity index (χ1n) is 5.55. The quantitative estimate of drug-likeness (QED) is 0.364. The summed E-state index contributed by atoms with van der Waals surface area (Å²) in [6.07, 6.45) is 2.03. The first-order valence-corrected chi connectivity index (χ1v) is 5.93.